The first-order valence-corrected chi connectivity index (χ1v) is 12.4. The first-order valence-electron chi connectivity index (χ1n) is 12.4. The Morgan fingerprint density at radius 2 is 1.66 bits per heavy atom. The Balaban J connectivity index is 1.43. The van der Waals surface area contributed by atoms with Crippen LogP contribution in [0.4, 0.5) is 5.69 Å². The molecule has 1 aliphatic carbocycles. The lowest BCUT2D eigenvalue weighted by Crippen LogP contribution is -2.42. The van der Waals surface area contributed by atoms with Gasteiger partial charge in [-0.15, -0.1) is 0 Å². The van der Waals surface area contributed by atoms with Crippen molar-refractivity contribution >= 4 is 29.0 Å². The maximum atomic E-state index is 14.1. The molecule has 3 heterocycles. The zero-order valence-electron chi connectivity index (χ0n) is 20.7. The number of allylic oxidation sites excluding steroid dienone is 1. The van der Waals surface area contributed by atoms with E-state index in [1.165, 1.54) is 12.0 Å². The number of esters is 1. The molecule has 0 saturated carbocycles. The normalized spacial score (nSPS) is 24.8. The van der Waals surface area contributed by atoms with Crippen LogP contribution in [-0.2, 0) is 14.4 Å². The van der Waals surface area contributed by atoms with Crippen LogP contribution in [0.1, 0.15) is 22.6 Å². The quantitative estimate of drug-likeness (QED) is 0.296. The van der Waals surface area contributed by atoms with Crippen LogP contribution in [0.25, 0.3) is 5.57 Å². The highest BCUT2D eigenvalue weighted by atomic mass is 16.7. The Morgan fingerprint density at radius 1 is 0.868 bits per heavy atom. The zero-order valence-corrected chi connectivity index (χ0v) is 20.7. The highest BCUT2D eigenvalue weighted by molar-refractivity contribution is 6.25. The number of para-hydroxylation sites is 2. The smallest absolute Gasteiger partial charge is 0.319 e. The number of imide groups is 1. The van der Waals surface area contributed by atoms with Crippen LogP contribution in [-0.4, -0.2) is 31.7 Å². The van der Waals surface area contributed by atoms with Crippen LogP contribution in [0.3, 0.4) is 0 Å². The van der Waals surface area contributed by atoms with Gasteiger partial charge in [0.25, 0.3) is 0 Å². The summed E-state index contributed by atoms with van der Waals surface area (Å²) in [6, 6.07) is 18.1. The summed E-state index contributed by atoms with van der Waals surface area (Å²) in [5.41, 5.74) is 3.55. The van der Waals surface area contributed by atoms with Crippen molar-refractivity contribution in [3.8, 4) is 23.0 Å². The van der Waals surface area contributed by atoms with Gasteiger partial charge in [0.15, 0.2) is 11.5 Å². The number of benzene rings is 3. The van der Waals surface area contributed by atoms with Gasteiger partial charge in [-0.1, -0.05) is 36.4 Å². The van der Waals surface area contributed by atoms with Crippen molar-refractivity contribution in [1.82, 2.24) is 0 Å². The monoisotopic (exact) mass is 509 g/mol. The van der Waals surface area contributed by atoms with Crippen LogP contribution in [0.2, 0.25) is 0 Å². The van der Waals surface area contributed by atoms with E-state index in [1.807, 2.05) is 49.4 Å². The lowest BCUT2D eigenvalue weighted by Gasteiger charge is -2.38. The number of rotatable bonds is 3. The van der Waals surface area contributed by atoms with Crippen molar-refractivity contribution < 1.29 is 33.3 Å². The minimum absolute atomic E-state index is 0.121. The van der Waals surface area contributed by atoms with Gasteiger partial charge in [-0.25, -0.2) is 4.90 Å². The van der Waals surface area contributed by atoms with Gasteiger partial charge in [0, 0.05) is 11.5 Å². The minimum atomic E-state index is -0.940. The molecule has 0 bridgehead atoms. The van der Waals surface area contributed by atoms with Crippen molar-refractivity contribution in [3.05, 3.63) is 83.4 Å². The predicted octanol–water partition coefficient (Wildman–Crippen LogP) is 4.25. The molecule has 0 radical (unpaired) electrons. The van der Waals surface area contributed by atoms with E-state index in [-0.39, 0.29) is 12.7 Å². The summed E-state index contributed by atoms with van der Waals surface area (Å²) >= 11 is 0. The second-order valence-corrected chi connectivity index (χ2v) is 9.89. The van der Waals surface area contributed by atoms with Crippen molar-refractivity contribution in [2.75, 3.05) is 18.8 Å². The molecule has 8 heteroatoms. The molecule has 7 rings (SSSR count). The van der Waals surface area contributed by atoms with E-state index < -0.39 is 35.5 Å². The summed E-state index contributed by atoms with van der Waals surface area (Å²) < 4.78 is 22.3. The van der Waals surface area contributed by atoms with Crippen LogP contribution in [0.5, 0.6) is 23.0 Å². The van der Waals surface area contributed by atoms with Gasteiger partial charge in [0.1, 0.15) is 11.5 Å². The van der Waals surface area contributed by atoms with Gasteiger partial charge in [-0.2, -0.15) is 0 Å². The summed E-state index contributed by atoms with van der Waals surface area (Å²) in [5.74, 6) is -2.46. The number of methoxy groups -OCH3 is 1. The van der Waals surface area contributed by atoms with Gasteiger partial charge in [0.05, 0.1) is 30.6 Å². The zero-order chi connectivity index (χ0) is 26.1. The lowest BCUT2D eigenvalue weighted by molar-refractivity contribution is -0.142. The molecule has 3 aliphatic heterocycles. The Hall–Kier alpha value is -4.59. The average Bonchev–Trinajstić information content (AvgIpc) is 3.49. The molecular weight excluding hydrogens is 486 g/mol. The highest BCUT2D eigenvalue weighted by Gasteiger charge is 2.60. The number of carbonyl (C=O) groups is 3. The third-order valence-corrected chi connectivity index (χ3v) is 7.86. The lowest BCUT2D eigenvalue weighted by atomic mass is 9.64. The second kappa shape index (κ2) is 8.21. The van der Waals surface area contributed by atoms with Gasteiger partial charge >= 0.3 is 5.97 Å². The maximum Gasteiger partial charge on any atom is 0.319 e. The standard InChI is InChI=1S/C30H23NO7/c1-15-7-9-17-19-13-18(16-8-10-22-24(12-16)37-14-36-22)25-27(26(19)30(34)38-23(17)11-15)29(33)31(28(25)32)20-5-3-4-6-21(20)35-2/h3-13,18,25-27H,14H2,1-2H3/t18-,25+,26+,27-/m0/s1. The van der Waals surface area contributed by atoms with Crippen LogP contribution < -0.4 is 23.8 Å². The van der Waals surface area contributed by atoms with E-state index in [1.54, 1.807) is 24.3 Å². The largest absolute Gasteiger partial charge is 0.495 e. The molecule has 3 aromatic carbocycles. The van der Waals surface area contributed by atoms with E-state index in [0.717, 1.165) is 16.7 Å². The van der Waals surface area contributed by atoms with Crippen molar-refractivity contribution in [1.29, 1.82) is 0 Å². The molecule has 2 amide bonds. The molecule has 1 saturated heterocycles. The molecule has 8 nitrogen and oxygen atoms in total. The minimum Gasteiger partial charge on any atom is -0.495 e. The first-order chi connectivity index (χ1) is 18.5. The van der Waals surface area contributed by atoms with Crippen LogP contribution >= 0.6 is 0 Å². The van der Waals surface area contributed by atoms with Crippen molar-refractivity contribution in [2.45, 2.75) is 12.8 Å². The Labute approximate surface area is 218 Å². The molecule has 190 valence electrons. The number of anilines is 1. The highest BCUT2D eigenvalue weighted by Crippen LogP contribution is 2.55. The fourth-order valence-electron chi connectivity index (χ4n) is 6.17. The number of hydrogen-bond donors (Lipinski definition) is 0. The van der Waals surface area contributed by atoms with Crippen LogP contribution in [0.15, 0.2) is 66.7 Å². The van der Waals surface area contributed by atoms with Crippen LogP contribution in [0, 0.1) is 24.7 Å². The summed E-state index contributed by atoms with van der Waals surface area (Å²) in [4.78, 5) is 42.9. The summed E-state index contributed by atoms with van der Waals surface area (Å²) in [6.07, 6.45) is 1.95. The van der Waals surface area contributed by atoms with E-state index >= 15 is 0 Å². The number of aryl methyl sites for hydroxylation is 1. The van der Waals surface area contributed by atoms with Crippen molar-refractivity contribution in [2.24, 2.45) is 17.8 Å². The molecule has 4 aliphatic rings. The summed E-state index contributed by atoms with van der Waals surface area (Å²) in [6.45, 7) is 2.04. The Morgan fingerprint density at radius 3 is 2.50 bits per heavy atom. The molecule has 0 unspecified atom stereocenters. The van der Waals surface area contributed by atoms with E-state index in [9.17, 15) is 14.4 Å². The first kappa shape index (κ1) is 22.6. The number of fused-ring (bicyclic) bond motifs is 6. The molecule has 0 N–H and O–H groups in total. The number of nitrogens with zero attached hydrogens (tertiary/aromatic N) is 1. The molecular formula is C30H23NO7. The third-order valence-electron chi connectivity index (χ3n) is 7.86. The van der Waals surface area contributed by atoms with Gasteiger partial charge in [-0.3, -0.25) is 14.4 Å². The molecule has 1 fully saturated rings. The summed E-state index contributed by atoms with van der Waals surface area (Å²) in [5, 5.41) is 0. The fourth-order valence-corrected chi connectivity index (χ4v) is 6.17. The molecule has 38 heavy (non-hydrogen) atoms. The van der Waals surface area contributed by atoms with E-state index in [4.69, 9.17) is 18.9 Å². The maximum absolute atomic E-state index is 14.1. The number of carbonyl (C=O) groups excluding carboxylic acids is 3. The number of hydrogen-bond acceptors (Lipinski definition) is 7. The van der Waals surface area contributed by atoms with E-state index in [2.05, 4.69) is 0 Å². The summed E-state index contributed by atoms with van der Waals surface area (Å²) in [7, 11) is 1.49. The number of amides is 2. The molecule has 0 aromatic heterocycles. The topological polar surface area (TPSA) is 91.4 Å². The second-order valence-electron chi connectivity index (χ2n) is 9.89. The Bertz CT molecular complexity index is 1570. The SMILES string of the molecule is COc1ccccc1N1C(=O)[C@@H]2[C@@H]3C(=O)Oc4cc(C)ccc4C3=C[C@@H](c3ccc4c(c3)OCO4)[C@H]2C1=O. The molecule has 0 spiro atoms. The third kappa shape index (κ3) is 3.13. The Kier molecular flexibility index (Phi) is 4.88. The van der Waals surface area contributed by atoms with Gasteiger partial charge < -0.3 is 18.9 Å². The van der Waals surface area contributed by atoms with E-state index in [0.29, 0.717) is 34.3 Å². The van der Waals surface area contributed by atoms with Gasteiger partial charge in [-0.05, 0) is 54.0 Å². The average molecular weight is 510 g/mol. The van der Waals surface area contributed by atoms with Crippen molar-refractivity contribution in [3.63, 3.8) is 0 Å². The predicted molar refractivity (Wildman–Crippen MR) is 136 cm³/mol. The molecule has 3 aromatic rings. The number of ether oxygens (including phenoxy) is 4. The fraction of sp³-hybridized carbons (Fsp3) is 0.233. The van der Waals surface area contributed by atoms with Gasteiger partial charge in [0.2, 0.25) is 18.6 Å². The molecule has 4 atom stereocenters.